The predicted octanol–water partition coefficient (Wildman–Crippen LogP) is 5.24. The highest BCUT2D eigenvalue weighted by Crippen LogP contribution is 2.36. The highest BCUT2D eigenvalue weighted by Gasteiger charge is 2.26. The Morgan fingerprint density at radius 2 is 1.90 bits per heavy atom. The maximum atomic E-state index is 13.6. The van der Waals surface area contributed by atoms with Crippen molar-refractivity contribution >= 4 is 22.9 Å². The smallest absolute Gasteiger partial charge is 0.309 e. The lowest BCUT2D eigenvalue weighted by Crippen LogP contribution is -2.31. The summed E-state index contributed by atoms with van der Waals surface area (Å²) in [6.07, 6.45) is 2.94. The van der Waals surface area contributed by atoms with E-state index >= 15 is 0 Å². The van der Waals surface area contributed by atoms with Gasteiger partial charge in [-0.1, -0.05) is 50.3 Å². The fourth-order valence-electron chi connectivity index (χ4n) is 3.91. The van der Waals surface area contributed by atoms with Gasteiger partial charge in [-0.05, 0) is 35.8 Å². The summed E-state index contributed by atoms with van der Waals surface area (Å²) in [5, 5.41) is 10.9. The third-order valence-electron chi connectivity index (χ3n) is 5.31. The second-order valence-corrected chi connectivity index (χ2v) is 7.95. The number of para-hydroxylation sites is 1. The molecule has 0 saturated carbocycles. The molecule has 0 radical (unpaired) electrons. The van der Waals surface area contributed by atoms with Gasteiger partial charge in [-0.15, -0.1) is 0 Å². The van der Waals surface area contributed by atoms with Crippen LogP contribution in [-0.2, 0) is 9.53 Å². The molecule has 2 aromatic carbocycles. The fraction of sp³-hybridized carbons (Fsp3) is 0.280. The Labute approximate surface area is 175 Å². The fourth-order valence-corrected chi connectivity index (χ4v) is 3.91. The lowest BCUT2D eigenvalue weighted by atomic mass is 9.90. The van der Waals surface area contributed by atoms with Crippen LogP contribution >= 0.6 is 0 Å². The van der Waals surface area contributed by atoms with Gasteiger partial charge in [0.1, 0.15) is 11.9 Å². The van der Waals surface area contributed by atoms with Gasteiger partial charge in [-0.25, -0.2) is 4.39 Å². The van der Waals surface area contributed by atoms with Gasteiger partial charge in [0.05, 0.1) is 23.7 Å². The molecule has 0 bridgehead atoms. The summed E-state index contributed by atoms with van der Waals surface area (Å²) in [7, 11) is 0. The lowest BCUT2D eigenvalue weighted by molar-refractivity contribution is -0.156. The van der Waals surface area contributed by atoms with Crippen molar-refractivity contribution in [2.24, 2.45) is 0 Å². The number of aliphatic hydroxyl groups excluding tert-OH is 1. The van der Waals surface area contributed by atoms with Crippen molar-refractivity contribution in [3.05, 3.63) is 71.7 Å². The van der Waals surface area contributed by atoms with Crippen LogP contribution in [0.25, 0.3) is 28.1 Å². The number of nitrogens with zero attached hydrogens (tertiary/aromatic N) is 1. The van der Waals surface area contributed by atoms with Gasteiger partial charge in [0.15, 0.2) is 0 Å². The van der Waals surface area contributed by atoms with Gasteiger partial charge in [0.2, 0.25) is 0 Å². The SMILES string of the molecule is CC(C)c1nc2ccccc2c(-c2ccc(F)cc2)c1C=C[C@H]1C[C@H](O)CC(=O)O1. The standard InChI is InChI=1S/C25H24FNO3/c1-15(2)25-21(12-11-19-13-18(28)14-23(29)30-19)24(16-7-9-17(26)10-8-16)20-5-3-4-6-22(20)27-25/h3-12,15,18-19,28H,13-14H2,1-2H3/t18-,19-/m0/s1. The number of aromatic nitrogens is 1. The molecule has 2 atom stereocenters. The molecule has 1 aliphatic heterocycles. The number of carbonyl (C=O) groups excluding carboxylic acids is 1. The number of aliphatic hydroxyl groups is 1. The van der Waals surface area contributed by atoms with Gasteiger partial charge in [-0.2, -0.15) is 0 Å². The Kier molecular flexibility index (Phi) is 5.64. The van der Waals surface area contributed by atoms with Crippen LogP contribution in [0.4, 0.5) is 4.39 Å². The van der Waals surface area contributed by atoms with Gasteiger partial charge >= 0.3 is 5.97 Å². The van der Waals surface area contributed by atoms with Crippen molar-refractivity contribution in [2.45, 2.75) is 44.8 Å². The van der Waals surface area contributed by atoms with Gasteiger partial charge in [-0.3, -0.25) is 9.78 Å². The van der Waals surface area contributed by atoms with E-state index in [2.05, 4.69) is 13.8 Å². The number of benzene rings is 2. The van der Waals surface area contributed by atoms with Crippen molar-refractivity contribution in [2.75, 3.05) is 0 Å². The highest BCUT2D eigenvalue weighted by molar-refractivity contribution is 5.99. The molecule has 1 aliphatic rings. The minimum absolute atomic E-state index is 0.0277. The third kappa shape index (κ3) is 4.12. The molecule has 1 saturated heterocycles. The Bertz CT molecular complexity index is 1110. The molecule has 0 spiro atoms. The average Bonchev–Trinajstić information content (AvgIpc) is 2.71. The first-order valence-corrected chi connectivity index (χ1v) is 10.2. The summed E-state index contributed by atoms with van der Waals surface area (Å²) in [5.41, 5.74) is 4.54. The topological polar surface area (TPSA) is 59.4 Å². The van der Waals surface area contributed by atoms with Crippen molar-refractivity contribution in [1.82, 2.24) is 4.98 Å². The molecule has 1 N–H and O–H groups in total. The number of pyridine rings is 1. The lowest BCUT2D eigenvalue weighted by Gasteiger charge is -2.24. The van der Waals surface area contributed by atoms with Crippen LogP contribution in [0, 0.1) is 5.82 Å². The summed E-state index contributed by atoms with van der Waals surface area (Å²) in [5.74, 6) is -0.544. The first-order chi connectivity index (χ1) is 14.4. The molecule has 4 rings (SSSR count). The molecule has 154 valence electrons. The molecule has 0 unspecified atom stereocenters. The first-order valence-electron chi connectivity index (χ1n) is 10.2. The molecule has 3 aromatic rings. The normalized spacial score (nSPS) is 19.6. The van der Waals surface area contributed by atoms with Crippen LogP contribution in [0.1, 0.15) is 43.9 Å². The maximum Gasteiger partial charge on any atom is 0.309 e. The van der Waals surface area contributed by atoms with E-state index in [1.54, 1.807) is 12.1 Å². The van der Waals surface area contributed by atoms with E-state index in [1.165, 1.54) is 12.1 Å². The molecule has 0 amide bonds. The number of ether oxygens (including phenoxy) is 1. The molecule has 5 heteroatoms. The van der Waals surface area contributed by atoms with Crippen molar-refractivity contribution in [3.63, 3.8) is 0 Å². The predicted molar refractivity (Wildman–Crippen MR) is 115 cm³/mol. The number of esters is 1. The van der Waals surface area contributed by atoms with Crippen LogP contribution in [0.2, 0.25) is 0 Å². The van der Waals surface area contributed by atoms with E-state index in [9.17, 15) is 14.3 Å². The van der Waals surface area contributed by atoms with E-state index < -0.39 is 18.2 Å². The van der Waals surface area contributed by atoms with Gasteiger partial charge in [0, 0.05) is 22.9 Å². The number of cyclic esters (lactones) is 1. The Morgan fingerprint density at radius 3 is 2.60 bits per heavy atom. The van der Waals surface area contributed by atoms with E-state index in [0.29, 0.717) is 6.42 Å². The van der Waals surface area contributed by atoms with E-state index in [4.69, 9.17) is 9.72 Å². The van der Waals surface area contributed by atoms with Gasteiger partial charge < -0.3 is 9.84 Å². The second kappa shape index (κ2) is 8.36. The average molecular weight is 405 g/mol. The molecule has 30 heavy (non-hydrogen) atoms. The van der Waals surface area contributed by atoms with Crippen LogP contribution in [0.15, 0.2) is 54.6 Å². The molecule has 1 aromatic heterocycles. The van der Waals surface area contributed by atoms with Crippen LogP contribution in [0.3, 0.4) is 0 Å². The molecular weight excluding hydrogens is 381 g/mol. The number of fused-ring (bicyclic) bond motifs is 1. The largest absolute Gasteiger partial charge is 0.458 e. The maximum absolute atomic E-state index is 13.6. The molecular formula is C25H24FNO3. The zero-order chi connectivity index (χ0) is 21.3. The van der Waals surface area contributed by atoms with Crippen molar-refractivity contribution < 1.29 is 19.0 Å². The van der Waals surface area contributed by atoms with Crippen LogP contribution in [0.5, 0.6) is 0 Å². The Morgan fingerprint density at radius 1 is 1.17 bits per heavy atom. The Balaban J connectivity index is 1.91. The Hall–Kier alpha value is -3.05. The first kappa shape index (κ1) is 20.2. The number of carbonyl (C=O) groups is 1. The summed E-state index contributed by atoms with van der Waals surface area (Å²) < 4.78 is 19.0. The number of halogens is 1. The van der Waals surface area contributed by atoms with E-state index in [1.807, 2.05) is 36.4 Å². The van der Waals surface area contributed by atoms with Crippen molar-refractivity contribution in [1.29, 1.82) is 0 Å². The number of rotatable bonds is 4. The van der Waals surface area contributed by atoms with Crippen molar-refractivity contribution in [3.8, 4) is 11.1 Å². The van der Waals surface area contributed by atoms with E-state index in [0.717, 1.165) is 33.3 Å². The minimum Gasteiger partial charge on any atom is -0.458 e. The molecule has 0 aliphatic carbocycles. The quantitative estimate of drug-likeness (QED) is 0.603. The monoisotopic (exact) mass is 405 g/mol. The summed E-state index contributed by atoms with van der Waals surface area (Å²) in [6.45, 7) is 4.15. The van der Waals surface area contributed by atoms with E-state index in [-0.39, 0.29) is 18.2 Å². The minimum atomic E-state index is -0.697. The molecule has 2 heterocycles. The summed E-state index contributed by atoms with van der Waals surface area (Å²) in [6, 6.07) is 14.3. The molecule has 1 fully saturated rings. The zero-order valence-corrected chi connectivity index (χ0v) is 17.0. The number of hydrogen-bond donors (Lipinski definition) is 1. The molecule has 4 nitrogen and oxygen atoms in total. The van der Waals surface area contributed by atoms with Crippen LogP contribution < -0.4 is 0 Å². The number of hydrogen-bond acceptors (Lipinski definition) is 4. The highest BCUT2D eigenvalue weighted by atomic mass is 19.1. The second-order valence-electron chi connectivity index (χ2n) is 7.95. The van der Waals surface area contributed by atoms with Crippen LogP contribution in [-0.4, -0.2) is 28.3 Å². The summed E-state index contributed by atoms with van der Waals surface area (Å²) >= 11 is 0. The van der Waals surface area contributed by atoms with Gasteiger partial charge in [0.25, 0.3) is 0 Å². The summed E-state index contributed by atoms with van der Waals surface area (Å²) in [4.78, 5) is 16.6. The zero-order valence-electron chi connectivity index (χ0n) is 17.0. The third-order valence-corrected chi connectivity index (χ3v) is 5.31.